The lowest BCUT2D eigenvalue weighted by molar-refractivity contribution is -1.06. The number of hydrogen-bond acceptors (Lipinski definition) is 0. The van der Waals surface area contributed by atoms with Gasteiger partial charge < -0.3 is 0 Å². The molecule has 0 radical (unpaired) electrons. The molecule has 27 heavy (non-hydrogen) atoms. The van der Waals surface area contributed by atoms with Crippen molar-refractivity contribution < 1.29 is 9.80 Å². The molecule has 1 heterocycles. The minimum Gasteiger partial charge on any atom is -0.287 e. The summed E-state index contributed by atoms with van der Waals surface area (Å²) in [7, 11) is 2.34. The molecular formula is C25H34N2+2. The highest BCUT2D eigenvalue weighted by Gasteiger charge is 2.52. The van der Waals surface area contributed by atoms with E-state index in [1.54, 1.807) is 43.3 Å². The van der Waals surface area contributed by atoms with Crippen LogP contribution in [0.4, 0.5) is 5.69 Å². The van der Waals surface area contributed by atoms with Crippen molar-refractivity contribution in [2.75, 3.05) is 20.3 Å². The maximum absolute atomic E-state index is 2.62. The highest BCUT2D eigenvalue weighted by Crippen LogP contribution is 2.60. The molecule has 4 aliphatic rings. The average Bonchev–Trinajstić information content (AvgIpc) is 2.64. The summed E-state index contributed by atoms with van der Waals surface area (Å²) < 4.78 is 0. The topological polar surface area (TPSA) is 8.88 Å². The molecule has 3 aliphatic carbocycles. The van der Waals surface area contributed by atoms with E-state index in [-0.39, 0.29) is 10.8 Å². The molecule has 2 heteroatoms. The zero-order chi connectivity index (χ0) is 19.1. The largest absolute Gasteiger partial charge is 0.287 e. The zero-order valence-corrected chi connectivity index (χ0v) is 17.8. The fourth-order valence-corrected chi connectivity index (χ4v) is 6.25. The van der Waals surface area contributed by atoms with Gasteiger partial charge in [-0.25, -0.2) is 0 Å². The molecule has 2 bridgehead atoms. The Bertz CT molecular complexity index is 959. The van der Waals surface area contributed by atoms with Crippen LogP contribution in [0.3, 0.4) is 0 Å². The van der Waals surface area contributed by atoms with Gasteiger partial charge in [-0.3, -0.25) is 9.80 Å². The minimum absolute atomic E-state index is 0.172. The van der Waals surface area contributed by atoms with E-state index < -0.39 is 0 Å². The van der Waals surface area contributed by atoms with Crippen LogP contribution >= 0.6 is 0 Å². The van der Waals surface area contributed by atoms with Gasteiger partial charge in [-0.2, -0.15) is 0 Å². The molecule has 142 valence electrons. The van der Waals surface area contributed by atoms with Crippen molar-refractivity contribution in [3.8, 4) is 0 Å². The molecule has 2 N–H and O–H groups in total. The molecule has 0 saturated carbocycles. The lowest BCUT2D eigenvalue weighted by Crippen LogP contribution is -3.29. The standard InChI is InChI=1S/C25H32N2/c1-7-27-15-26(6)14-18-12-21-22(13-23(18)27)25(5)9-8-24(21,4)19-10-16(2)17(3)11-20(19)25/h10-13H,7-9,14-15H2,1-6H3/p+2. The zero-order valence-electron chi connectivity index (χ0n) is 17.8. The van der Waals surface area contributed by atoms with E-state index in [2.05, 4.69) is 65.9 Å². The Kier molecular flexibility index (Phi) is 3.53. The first kappa shape index (κ1) is 17.5. The van der Waals surface area contributed by atoms with Crippen molar-refractivity contribution in [3.05, 3.63) is 63.2 Å². The molecule has 0 amide bonds. The van der Waals surface area contributed by atoms with Crippen molar-refractivity contribution in [2.24, 2.45) is 0 Å². The number of aryl methyl sites for hydroxylation is 2. The molecular weight excluding hydrogens is 328 g/mol. The Morgan fingerprint density at radius 3 is 1.93 bits per heavy atom. The number of hydrogen-bond donors (Lipinski definition) is 2. The van der Waals surface area contributed by atoms with Crippen molar-refractivity contribution in [3.63, 3.8) is 0 Å². The van der Waals surface area contributed by atoms with E-state index >= 15 is 0 Å². The van der Waals surface area contributed by atoms with Gasteiger partial charge in [0, 0.05) is 16.9 Å². The maximum atomic E-state index is 2.62. The molecule has 2 aromatic carbocycles. The number of fused-ring (bicyclic) bond motifs is 2. The third-order valence-corrected chi connectivity index (χ3v) is 8.20. The Labute approximate surface area is 164 Å². The van der Waals surface area contributed by atoms with Crippen LogP contribution in [0.1, 0.15) is 72.6 Å². The van der Waals surface area contributed by atoms with Crippen molar-refractivity contribution in [1.82, 2.24) is 0 Å². The summed E-state index contributed by atoms with van der Waals surface area (Å²) in [5, 5.41) is 0. The Hall–Kier alpha value is -1.64. The summed E-state index contributed by atoms with van der Waals surface area (Å²) in [5.74, 6) is 0. The highest BCUT2D eigenvalue weighted by molar-refractivity contribution is 5.66. The predicted octanol–water partition coefficient (Wildman–Crippen LogP) is 2.54. The number of quaternary nitrogens is 2. The summed E-state index contributed by atoms with van der Waals surface area (Å²) >= 11 is 0. The maximum Gasteiger partial charge on any atom is 0.209 e. The number of rotatable bonds is 1. The minimum atomic E-state index is 0.172. The smallest absolute Gasteiger partial charge is 0.209 e. The summed E-state index contributed by atoms with van der Waals surface area (Å²) in [6.45, 7) is 15.4. The molecule has 4 unspecified atom stereocenters. The van der Waals surface area contributed by atoms with Gasteiger partial charge in [0.25, 0.3) is 0 Å². The van der Waals surface area contributed by atoms with Crippen LogP contribution in [0.25, 0.3) is 0 Å². The molecule has 6 rings (SSSR count). The third kappa shape index (κ3) is 2.14. The lowest BCUT2D eigenvalue weighted by Gasteiger charge is -2.54. The van der Waals surface area contributed by atoms with Gasteiger partial charge in [0.15, 0.2) is 0 Å². The fourth-order valence-electron chi connectivity index (χ4n) is 6.25. The summed E-state index contributed by atoms with van der Waals surface area (Å²) in [5.41, 5.74) is 12.8. The van der Waals surface area contributed by atoms with Gasteiger partial charge >= 0.3 is 0 Å². The molecule has 4 atom stereocenters. The third-order valence-electron chi connectivity index (χ3n) is 8.20. The van der Waals surface area contributed by atoms with Crippen molar-refractivity contribution in [1.29, 1.82) is 0 Å². The van der Waals surface area contributed by atoms with Gasteiger partial charge in [-0.1, -0.05) is 26.0 Å². The molecule has 0 spiro atoms. The Balaban J connectivity index is 1.80. The first-order valence-electron chi connectivity index (χ1n) is 10.7. The van der Waals surface area contributed by atoms with Crippen LogP contribution in [0, 0.1) is 13.8 Å². The Morgan fingerprint density at radius 2 is 1.37 bits per heavy atom. The number of nitrogens with one attached hydrogen (secondary N) is 2. The molecule has 0 fully saturated rings. The first-order valence-corrected chi connectivity index (χ1v) is 10.7. The van der Waals surface area contributed by atoms with Crippen LogP contribution in [-0.4, -0.2) is 20.3 Å². The molecule has 2 nitrogen and oxygen atoms in total. The van der Waals surface area contributed by atoms with E-state index in [4.69, 9.17) is 0 Å². The second kappa shape index (κ2) is 5.46. The van der Waals surface area contributed by atoms with E-state index in [1.807, 2.05) is 0 Å². The monoisotopic (exact) mass is 362 g/mol. The molecule has 1 aliphatic heterocycles. The molecule has 0 saturated heterocycles. The van der Waals surface area contributed by atoms with Crippen molar-refractivity contribution >= 4 is 5.69 Å². The van der Waals surface area contributed by atoms with Gasteiger partial charge in [-0.05, 0) is 73.1 Å². The van der Waals surface area contributed by atoms with E-state index in [9.17, 15) is 0 Å². The highest BCUT2D eigenvalue weighted by atomic mass is 15.3. The fraction of sp³-hybridized carbons (Fsp3) is 0.520. The van der Waals surface area contributed by atoms with Gasteiger partial charge in [0.05, 0.1) is 19.2 Å². The summed E-state index contributed by atoms with van der Waals surface area (Å²) in [6, 6.07) is 10.2. The second-order valence-corrected chi connectivity index (χ2v) is 9.97. The molecule has 0 aromatic heterocycles. The van der Waals surface area contributed by atoms with Crippen molar-refractivity contribution in [2.45, 2.75) is 64.8 Å². The van der Waals surface area contributed by atoms with Crippen LogP contribution in [0.5, 0.6) is 0 Å². The molecule has 2 aromatic rings. The predicted molar refractivity (Wildman–Crippen MR) is 111 cm³/mol. The van der Waals surface area contributed by atoms with Crippen LogP contribution in [0.2, 0.25) is 0 Å². The SMILES string of the molecule is CC[NH+]1C[NH+](C)Cc2cc3c(cc21)C1(C)CCC3(C)c2cc(C)c(C)cc21. The van der Waals surface area contributed by atoms with E-state index in [0.29, 0.717) is 0 Å². The number of benzene rings is 2. The first-order chi connectivity index (χ1) is 12.8. The van der Waals surface area contributed by atoms with E-state index in [1.165, 1.54) is 43.7 Å². The quantitative estimate of drug-likeness (QED) is 0.771. The normalized spacial score (nSPS) is 33.4. The second-order valence-electron chi connectivity index (χ2n) is 9.97. The van der Waals surface area contributed by atoms with Crippen LogP contribution in [0.15, 0.2) is 24.3 Å². The van der Waals surface area contributed by atoms with Crippen LogP contribution in [-0.2, 0) is 17.4 Å². The van der Waals surface area contributed by atoms with Gasteiger partial charge in [-0.15, -0.1) is 0 Å². The Morgan fingerprint density at radius 1 is 0.852 bits per heavy atom. The summed E-state index contributed by atoms with van der Waals surface area (Å²) in [6.07, 6.45) is 2.55. The average molecular weight is 363 g/mol. The van der Waals surface area contributed by atoms with Crippen LogP contribution < -0.4 is 9.80 Å². The van der Waals surface area contributed by atoms with Gasteiger partial charge in [0.2, 0.25) is 6.67 Å². The lowest BCUT2D eigenvalue weighted by atomic mass is 9.50. The van der Waals surface area contributed by atoms with Gasteiger partial charge in [0.1, 0.15) is 12.2 Å². The van der Waals surface area contributed by atoms with E-state index in [0.717, 1.165) is 0 Å². The summed E-state index contributed by atoms with van der Waals surface area (Å²) in [4.78, 5) is 3.27.